The van der Waals surface area contributed by atoms with E-state index >= 15 is 0 Å². The third-order valence-electron chi connectivity index (χ3n) is 6.30. The van der Waals surface area contributed by atoms with Crippen molar-refractivity contribution in [2.24, 2.45) is 0 Å². The highest BCUT2D eigenvalue weighted by atomic mass is 15.2. The lowest BCUT2D eigenvalue weighted by Crippen LogP contribution is -2.42. The lowest BCUT2D eigenvalue weighted by molar-refractivity contribution is 0.117. The Labute approximate surface area is 146 Å². The van der Waals surface area contributed by atoms with Crippen LogP contribution in [0.2, 0.25) is 0 Å². The summed E-state index contributed by atoms with van der Waals surface area (Å²) in [5.41, 5.74) is 4.69. The number of fused-ring (bicyclic) bond motifs is 1. The third kappa shape index (κ3) is 3.04. The molecule has 0 atom stereocenters. The SMILES string of the molecule is CC(C)=C1CCC(N2CCC(n3ccc4ccccc43)CC2)CC1. The van der Waals surface area contributed by atoms with Crippen LogP contribution in [0.3, 0.4) is 0 Å². The molecule has 2 fully saturated rings. The first-order valence-corrected chi connectivity index (χ1v) is 9.67. The van der Waals surface area contributed by atoms with Crippen molar-refractivity contribution < 1.29 is 0 Å². The van der Waals surface area contributed by atoms with Crippen molar-refractivity contribution in [1.29, 1.82) is 0 Å². The Balaban J connectivity index is 1.38. The first-order chi connectivity index (χ1) is 11.7. The van der Waals surface area contributed by atoms with Crippen LogP contribution in [-0.2, 0) is 0 Å². The molecule has 0 radical (unpaired) electrons. The van der Waals surface area contributed by atoms with Crippen LogP contribution in [-0.4, -0.2) is 28.6 Å². The molecular weight excluding hydrogens is 292 g/mol. The van der Waals surface area contributed by atoms with Crippen molar-refractivity contribution in [1.82, 2.24) is 9.47 Å². The zero-order valence-electron chi connectivity index (χ0n) is 15.2. The predicted molar refractivity (Wildman–Crippen MR) is 102 cm³/mol. The van der Waals surface area contributed by atoms with Gasteiger partial charge in [-0.15, -0.1) is 0 Å². The minimum Gasteiger partial charge on any atom is -0.344 e. The van der Waals surface area contributed by atoms with Gasteiger partial charge in [-0.05, 0) is 69.9 Å². The summed E-state index contributed by atoms with van der Waals surface area (Å²) in [4.78, 5) is 2.78. The molecule has 24 heavy (non-hydrogen) atoms. The minimum absolute atomic E-state index is 0.679. The minimum atomic E-state index is 0.679. The summed E-state index contributed by atoms with van der Waals surface area (Å²) in [6.45, 7) is 7.10. The summed E-state index contributed by atoms with van der Waals surface area (Å²) in [5, 5.41) is 1.38. The Morgan fingerprint density at radius 2 is 1.58 bits per heavy atom. The van der Waals surface area contributed by atoms with Crippen molar-refractivity contribution >= 4 is 10.9 Å². The Hall–Kier alpha value is -1.54. The molecule has 128 valence electrons. The normalized spacial score (nSPS) is 23.8. The van der Waals surface area contributed by atoms with Crippen LogP contribution in [0, 0.1) is 0 Å². The van der Waals surface area contributed by atoms with Gasteiger partial charge in [-0.2, -0.15) is 0 Å². The van der Waals surface area contributed by atoms with Crippen LogP contribution in [0.4, 0.5) is 0 Å². The van der Waals surface area contributed by atoms with Gasteiger partial charge in [0.2, 0.25) is 0 Å². The highest BCUT2D eigenvalue weighted by molar-refractivity contribution is 5.80. The maximum atomic E-state index is 2.78. The van der Waals surface area contributed by atoms with Gasteiger partial charge in [0.25, 0.3) is 0 Å². The molecule has 1 saturated heterocycles. The summed E-state index contributed by atoms with van der Waals surface area (Å²) in [6.07, 6.45) is 10.3. The van der Waals surface area contributed by atoms with Gasteiger partial charge >= 0.3 is 0 Å². The number of nitrogens with zero attached hydrogens (tertiary/aromatic N) is 2. The molecule has 2 heteroatoms. The molecule has 2 nitrogen and oxygen atoms in total. The topological polar surface area (TPSA) is 8.17 Å². The molecule has 1 saturated carbocycles. The average Bonchev–Trinajstić information content (AvgIpc) is 3.06. The van der Waals surface area contributed by atoms with Crippen molar-refractivity contribution in [3.8, 4) is 0 Å². The smallest absolute Gasteiger partial charge is 0.0482 e. The van der Waals surface area contributed by atoms with Crippen LogP contribution >= 0.6 is 0 Å². The molecule has 1 aromatic carbocycles. The Morgan fingerprint density at radius 3 is 2.29 bits per heavy atom. The summed E-state index contributed by atoms with van der Waals surface area (Å²) in [6, 6.07) is 12.6. The van der Waals surface area contributed by atoms with E-state index in [2.05, 4.69) is 59.8 Å². The predicted octanol–water partition coefficient (Wildman–Crippen LogP) is 5.56. The number of para-hydroxylation sites is 1. The van der Waals surface area contributed by atoms with Gasteiger partial charge in [0.15, 0.2) is 0 Å². The number of piperidine rings is 1. The molecule has 0 spiro atoms. The number of aromatic nitrogens is 1. The number of rotatable bonds is 2. The molecule has 2 heterocycles. The Bertz CT molecular complexity index is 717. The lowest BCUT2D eigenvalue weighted by atomic mass is 9.86. The van der Waals surface area contributed by atoms with Gasteiger partial charge in [0.1, 0.15) is 0 Å². The summed E-state index contributed by atoms with van der Waals surface area (Å²) < 4.78 is 2.52. The van der Waals surface area contributed by atoms with Gasteiger partial charge in [-0.25, -0.2) is 0 Å². The van der Waals surface area contributed by atoms with Crippen LogP contribution in [0.25, 0.3) is 10.9 Å². The molecule has 2 aromatic rings. The number of benzene rings is 1. The average molecular weight is 322 g/mol. The van der Waals surface area contributed by atoms with E-state index < -0.39 is 0 Å². The van der Waals surface area contributed by atoms with Crippen LogP contribution in [0.5, 0.6) is 0 Å². The summed E-state index contributed by atoms with van der Waals surface area (Å²) in [7, 11) is 0. The van der Waals surface area contributed by atoms with Crippen molar-refractivity contribution in [2.45, 2.75) is 64.5 Å². The van der Waals surface area contributed by atoms with E-state index in [4.69, 9.17) is 0 Å². The zero-order chi connectivity index (χ0) is 16.5. The first-order valence-electron chi connectivity index (χ1n) is 9.67. The molecule has 0 bridgehead atoms. The van der Waals surface area contributed by atoms with Crippen molar-refractivity contribution in [2.75, 3.05) is 13.1 Å². The van der Waals surface area contributed by atoms with Gasteiger partial charge < -0.3 is 9.47 Å². The van der Waals surface area contributed by atoms with Gasteiger partial charge in [0, 0.05) is 36.9 Å². The third-order valence-corrected chi connectivity index (χ3v) is 6.30. The number of hydrogen-bond acceptors (Lipinski definition) is 1. The van der Waals surface area contributed by atoms with E-state index in [1.54, 1.807) is 11.1 Å². The van der Waals surface area contributed by atoms with Gasteiger partial charge in [0.05, 0.1) is 0 Å². The van der Waals surface area contributed by atoms with Gasteiger partial charge in [-0.3, -0.25) is 0 Å². The van der Waals surface area contributed by atoms with Crippen LogP contribution < -0.4 is 0 Å². The molecule has 4 rings (SSSR count). The lowest BCUT2D eigenvalue weighted by Gasteiger charge is -2.40. The molecule has 0 amide bonds. The number of likely N-dealkylation sites (tertiary alicyclic amines) is 1. The molecule has 0 unspecified atom stereocenters. The molecular formula is C22H30N2. The first kappa shape index (κ1) is 16.0. The van der Waals surface area contributed by atoms with E-state index in [9.17, 15) is 0 Å². The maximum Gasteiger partial charge on any atom is 0.0482 e. The highest BCUT2D eigenvalue weighted by Gasteiger charge is 2.28. The summed E-state index contributed by atoms with van der Waals surface area (Å²) in [5.74, 6) is 0. The maximum absolute atomic E-state index is 2.78. The Morgan fingerprint density at radius 1 is 0.875 bits per heavy atom. The van der Waals surface area contributed by atoms with E-state index in [0.717, 1.165) is 6.04 Å². The molecule has 1 aromatic heterocycles. The fourth-order valence-corrected chi connectivity index (χ4v) is 4.77. The van der Waals surface area contributed by atoms with E-state index in [0.29, 0.717) is 6.04 Å². The number of hydrogen-bond donors (Lipinski definition) is 0. The van der Waals surface area contributed by atoms with Crippen LogP contribution in [0.1, 0.15) is 58.4 Å². The largest absolute Gasteiger partial charge is 0.344 e. The quantitative estimate of drug-likeness (QED) is 0.657. The second-order valence-electron chi connectivity index (χ2n) is 7.88. The molecule has 2 aliphatic rings. The fourth-order valence-electron chi connectivity index (χ4n) is 4.77. The van der Waals surface area contributed by atoms with E-state index in [1.807, 2.05) is 0 Å². The second-order valence-corrected chi connectivity index (χ2v) is 7.88. The van der Waals surface area contributed by atoms with Crippen molar-refractivity contribution in [3.63, 3.8) is 0 Å². The van der Waals surface area contributed by atoms with E-state index in [1.165, 1.54) is 62.5 Å². The van der Waals surface area contributed by atoms with Gasteiger partial charge in [-0.1, -0.05) is 29.3 Å². The Kier molecular flexibility index (Phi) is 4.49. The number of allylic oxidation sites excluding steroid dienone is 2. The summed E-state index contributed by atoms with van der Waals surface area (Å²) >= 11 is 0. The highest BCUT2D eigenvalue weighted by Crippen LogP contribution is 2.33. The standard InChI is InChI=1S/C22H30N2/c1-17(2)18-7-9-20(10-8-18)23-14-12-21(13-15-23)24-16-11-19-5-3-4-6-22(19)24/h3-6,11,16,20-21H,7-10,12-15H2,1-2H3. The molecule has 1 aliphatic heterocycles. The molecule has 0 N–H and O–H groups in total. The zero-order valence-corrected chi connectivity index (χ0v) is 15.2. The van der Waals surface area contributed by atoms with Crippen LogP contribution in [0.15, 0.2) is 47.7 Å². The van der Waals surface area contributed by atoms with Crippen molar-refractivity contribution in [3.05, 3.63) is 47.7 Å². The van der Waals surface area contributed by atoms with E-state index in [-0.39, 0.29) is 0 Å². The molecule has 1 aliphatic carbocycles. The second kappa shape index (κ2) is 6.76. The monoisotopic (exact) mass is 322 g/mol. The fraction of sp³-hybridized carbons (Fsp3) is 0.545.